The Morgan fingerprint density at radius 1 is 1.35 bits per heavy atom. The predicted molar refractivity (Wildman–Crippen MR) is 81.6 cm³/mol. The summed E-state index contributed by atoms with van der Waals surface area (Å²) in [5, 5.41) is 3.73. The fourth-order valence-electron chi connectivity index (χ4n) is 3.77. The number of imidazole rings is 1. The average Bonchev–Trinajstić information content (AvgIpc) is 3.08. The Bertz CT molecular complexity index is 428. The van der Waals surface area contributed by atoms with Crippen LogP contribution in [0.2, 0.25) is 0 Å². The van der Waals surface area contributed by atoms with E-state index in [0.717, 1.165) is 12.5 Å². The molecular weight excluding hydrogens is 248 g/mol. The molecule has 2 aliphatic heterocycles. The zero-order valence-corrected chi connectivity index (χ0v) is 12.9. The van der Waals surface area contributed by atoms with Crippen molar-refractivity contribution in [2.24, 2.45) is 5.92 Å². The maximum atomic E-state index is 4.41. The maximum absolute atomic E-state index is 4.41. The van der Waals surface area contributed by atoms with Gasteiger partial charge in [0.1, 0.15) is 0 Å². The summed E-state index contributed by atoms with van der Waals surface area (Å²) in [5.41, 5.74) is 1.39. The third-order valence-corrected chi connectivity index (χ3v) is 4.99. The lowest BCUT2D eigenvalue weighted by atomic mass is 9.97. The van der Waals surface area contributed by atoms with Gasteiger partial charge >= 0.3 is 0 Å². The molecule has 3 rings (SSSR count). The highest BCUT2D eigenvalue weighted by Gasteiger charge is 2.25. The second kappa shape index (κ2) is 6.27. The number of hydrogen-bond acceptors (Lipinski definition) is 3. The number of piperidine rings is 1. The molecule has 2 aliphatic rings. The van der Waals surface area contributed by atoms with Crippen molar-refractivity contribution in [3.8, 4) is 0 Å². The topological polar surface area (TPSA) is 33.1 Å². The summed E-state index contributed by atoms with van der Waals surface area (Å²) in [4.78, 5) is 6.97. The van der Waals surface area contributed by atoms with E-state index in [1.165, 1.54) is 51.0 Å². The van der Waals surface area contributed by atoms with Crippen molar-refractivity contribution in [2.45, 2.75) is 58.2 Å². The highest BCUT2D eigenvalue weighted by molar-refractivity contribution is 5.07. The molecule has 0 amide bonds. The molecule has 1 N–H and O–H groups in total. The van der Waals surface area contributed by atoms with Crippen LogP contribution in [0.1, 0.15) is 51.3 Å². The lowest BCUT2D eigenvalue weighted by Crippen LogP contribution is -2.35. The standard InChI is InChI=1S/C16H28N4/c1-3-19-8-7-14(10-19)11-20-12-17-9-16(20)15-6-4-5-13(2)18-15/h9,12-15,18H,3-8,10-11H2,1-2H3. The van der Waals surface area contributed by atoms with Crippen LogP contribution in [0, 0.1) is 5.92 Å². The third kappa shape index (κ3) is 3.07. The second-order valence-corrected chi connectivity index (χ2v) is 6.57. The fraction of sp³-hybridized carbons (Fsp3) is 0.812. The molecule has 3 atom stereocenters. The summed E-state index contributed by atoms with van der Waals surface area (Å²) in [6.07, 6.45) is 9.32. The normalized spacial score (nSPS) is 31.8. The van der Waals surface area contributed by atoms with Crippen LogP contribution in [-0.2, 0) is 6.54 Å². The lowest BCUT2D eigenvalue weighted by molar-refractivity contribution is 0.313. The van der Waals surface area contributed by atoms with Gasteiger partial charge in [0, 0.05) is 31.4 Å². The van der Waals surface area contributed by atoms with Crippen LogP contribution in [0.15, 0.2) is 12.5 Å². The average molecular weight is 276 g/mol. The minimum atomic E-state index is 0.505. The summed E-state index contributed by atoms with van der Waals surface area (Å²) >= 11 is 0. The summed E-state index contributed by atoms with van der Waals surface area (Å²) in [5.74, 6) is 0.795. The van der Waals surface area contributed by atoms with E-state index in [1.54, 1.807) is 0 Å². The Hall–Kier alpha value is -0.870. The summed E-state index contributed by atoms with van der Waals surface area (Å²) < 4.78 is 2.40. The van der Waals surface area contributed by atoms with Crippen LogP contribution in [0.25, 0.3) is 0 Å². The predicted octanol–water partition coefficient (Wildman–Crippen LogP) is 2.43. The van der Waals surface area contributed by atoms with Crippen molar-refractivity contribution in [1.82, 2.24) is 19.8 Å². The molecule has 2 fully saturated rings. The molecule has 4 nitrogen and oxygen atoms in total. The molecule has 0 saturated carbocycles. The Balaban J connectivity index is 1.64. The van der Waals surface area contributed by atoms with E-state index in [1.807, 2.05) is 6.33 Å². The molecule has 2 saturated heterocycles. The molecule has 112 valence electrons. The first kappa shape index (κ1) is 14.1. The van der Waals surface area contributed by atoms with Gasteiger partial charge in [0.15, 0.2) is 0 Å². The van der Waals surface area contributed by atoms with E-state index in [2.05, 4.69) is 39.8 Å². The van der Waals surface area contributed by atoms with Crippen molar-refractivity contribution in [3.05, 3.63) is 18.2 Å². The van der Waals surface area contributed by atoms with Gasteiger partial charge in [-0.05, 0) is 51.6 Å². The van der Waals surface area contributed by atoms with Crippen LogP contribution >= 0.6 is 0 Å². The van der Waals surface area contributed by atoms with E-state index >= 15 is 0 Å². The third-order valence-electron chi connectivity index (χ3n) is 4.99. The van der Waals surface area contributed by atoms with E-state index in [0.29, 0.717) is 12.1 Å². The summed E-state index contributed by atoms with van der Waals surface area (Å²) in [7, 11) is 0. The van der Waals surface area contributed by atoms with Gasteiger partial charge in [0.05, 0.1) is 12.0 Å². The molecule has 0 radical (unpaired) electrons. The van der Waals surface area contributed by atoms with Gasteiger partial charge in [-0.1, -0.05) is 6.92 Å². The first-order chi connectivity index (χ1) is 9.76. The van der Waals surface area contributed by atoms with Crippen molar-refractivity contribution in [3.63, 3.8) is 0 Å². The molecular formula is C16H28N4. The molecule has 0 aromatic carbocycles. The molecule has 0 spiro atoms. The smallest absolute Gasteiger partial charge is 0.0948 e. The van der Waals surface area contributed by atoms with Gasteiger partial charge in [0.25, 0.3) is 0 Å². The Morgan fingerprint density at radius 3 is 3.00 bits per heavy atom. The van der Waals surface area contributed by atoms with Gasteiger partial charge in [-0.2, -0.15) is 0 Å². The van der Waals surface area contributed by atoms with Gasteiger partial charge in [0.2, 0.25) is 0 Å². The van der Waals surface area contributed by atoms with Gasteiger partial charge in [-0.3, -0.25) is 0 Å². The summed E-state index contributed by atoms with van der Waals surface area (Å²) in [6, 6.07) is 1.14. The van der Waals surface area contributed by atoms with Crippen LogP contribution in [-0.4, -0.2) is 40.1 Å². The van der Waals surface area contributed by atoms with E-state index < -0.39 is 0 Å². The lowest BCUT2D eigenvalue weighted by Gasteiger charge is -2.29. The first-order valence-electron chi connectivity index (χ1n) is 8.24. The Kier molecular flexibility index (Phi) is 4.41. The number of likely N-dealkylation sites (tertiary alicyclic amines) is 1. The van der Waals surface area contributed by atoms with Crippen molar-refractivity contribution in [2.75, 3.05) is 19.6 Å². The van der Waals surface area contributed by atoms with Gasteiger partial charge in [-0.15, -0.1) is 0 Å². The molecule has 4 heteroatoms. The largest absolute Gasteiger partial charge is 0.333 e. The minimum Gasteiger partial charge on any atom is -0.333 e. The van der Waals surface area contributed by atoms with Crippen LogP contribution in [0.3, 0.4) is 0 Å². The quantitative estimate of drug-likeness (QED) is 0.917. The fourth-order valence-corrected chi connectivity index (χ4v) is 3.77. The molecule has 1 aromatic rings. The SMILES string of the molecule is CCN1CCC(Cn2cncc2C2CCCC(C)N2)C1. The molecule has 1 aromatic heterocycles. The van der Waals surface area contributed by atoms with Gasteiger partial charge < -0.3 is 14.8 Å². The van der Waals surface area contributed by atoms with Crippen molar-refractivity contribution < 1.29 is 0 Å². The zero-order chi connectivity index (χ0) is 13.9. The summed E-state index contributed by atoms with van der Waals surface area (Å²) in [6.45, 7) is 9.40. The number of aromatic nitrogens is 2. The number of nitrogens with zero attached hydrogens (tertiary/aromatic N) is 3. The van der Waals surface area contributed by atoms with Crippen LogP contribution < -0.4 is 5.32 Å². The number of nitrogens with one attached hydrogen (secondary N) is 1. The van der Waals surface area contributed by atoms with Crippen LogP contribution in [0.5, 0.6) is 0 Å². The Morgan fingerprint density at radius 2 is 2.25 bits per heavy atom. The van der Waals surface area contributed by atoms with Gasteiger partial charge in [-0.25, -0.2) is 4.98 Å². The first-order valence-corrected chi connectivity index (χ1v) is 8.24. The number of hydrogen-bond donors (Lipinski definition) is 1. The molecule has 0 bridgehead atoms. The van der Waals surface area contributed by atoms with Crippen LogP contribution in [0.4, 0.5) is 0 Å². The zero-order valence-electron chi connectivity index (χ0n) is 12.9. The van der Waals surface area contributed by atoms with Crippen molar-refractivity contribution in [1.29, 1.82) is 0 Å². The second-order valence-electron chi connectivity index (χ2n) is 6.57. The monoisotopic (exact) mass is 276 g/mol. The number of rotatable bonds is 4. The van der Waals surface area contributed by atoms with Crippen molar-refractivity contribution >= 4 is 0 Å². The Labute approximate surface area is 122 Å². The van der Waals surface area contributed by atoms with E-state index in [9.17, 15) is 0 Å². The minimum absolute atomic E-state index is 0.505. The molecule has 3 unspecified atom stereocenters. The molecule has 0 aliphatic carbocycles. The maximum Gasteiger partial charge on any atom is 0.0948 e. The van der Waals surface area contributed by atoms with E-state index in [-0.39, 0.29) is 0 Å². The molecule has 3 heterocycles. The van der Waals surface area contributed by atoms with E-state index in [4.69, 9.17) is 0 Å². The highest BCUT2D eigenvalue weighted by Crippen LogP contribution is 2.27. The molecule has 20 heavy (non-hydrogen) atoms. The highest BCUT2D eigenvalue weighted by atomic mass is 15.2.